The minimum atomic E-state index is -0.505. The summed E-state index contributed by atoms with van der Waals surface area (Å²) in [5, 5.41) is 11.7. The van der Waals surface area contributed by atoms with Crippen LogP contribution in [0.15, 0.2) is 29.1 Å². The van der Waals surface area contributed by atoms with Gasteiger partial charge in [-0.2, -0.15) is 4.73 Å². The molecule has 0 atom stereocenters. The first-order chi connectivity index (χ1) is 12.5. The maximum Gasteiger partial charge on any atom is 0.271 e. The van der Waals surface area contributed by atoms with Crippen LogP contribution in [0.2, 0.25) is 0 Å². The second-order valence-electron chi connectivity index (χ2n) is 5.31. The van der Waals surface area contributed by atoms with E-state index in [4.69, 9.17) is 19.0 Å². The van der Waals surface area contributed by atoms with Crippen molar-refractivity contribution in [2.75, 3.05) is 28.4 Å². The van der Waals surface area contributed by atoms with Crippen molar-refractivity contribution >= 4 is 16.6 Å². The number of aromatic nitrogens is 1. The number of fused-ring (bicyclic) bond motifs is 2. The van der Waals surface area contributed by atoms with Gasteiger partial charge in [-0.15, -0.1) is 0 Å². The average Bonchev–Trinajstić information content (AvgIpc) is 2.65. The van der Waals surface area contributed by atoms with Gasteiger partial charge in [-0.1, -0.05) is 0 Å². The minimum absolute atomic E-state index is 0.000708. The van der Waals surface area contributed by atoms with Crippen molar-refractivity contribution in [2.24, 2.45) is 0 Å². The third-order valence-electron chi connectivity index (χ3n) is 4.08. The number of rotatable bonds is 5. The SMILES string of the molecule is COc1c(OC)c2n(OC)c3cc([N+](=O)[O-])ccc3cc-2c(=O)c1OC. The minimum Gasteiger partial charge on any atom is -0.491 e. The summed E-state index contributed by atoms with van der Waals surface area (Å²) in [6.45, 7) is 0. The molecule has 0 spiro atoms. The molecule has 2 aliphatic rings. The molecule has 1 aromatic rings. The lowest BCUT2D eigenvalue weighted by Crippen LogP contribution is -2.20. The molecule has 136 valence electrons. The zero-order chi connectivity index (χ0) is 19.0. The van der Waals surface area contributed by atoms with E-state index < -0.39 is 10.4 Å². The standard InChI is InChI=1S/C17H16N2O7/c1-23-15-13-11(14(20)16(24-2)17(15)25-3)7-9-5-6-10(19(21)22)8-12(9)18(13)26-4/h5-8H,1-4H3. The molecular formula is C17H16N2O7. The number of benzene rings is 2. The van der Waals surface area contributed by atoms with E-state index in [2.05, 4.69) is 0 Å². The van der Waals surface area contributed by atoms with E-state index in [-0.39, 0.29) is 34.2 Å². The van der Waals surface area contributed by atoms with Crippen LogP contribution in [-0.4, -0.2) is 38.1 Å². The number of hydrogen-bond donors (Lipinski definition) is 0. The molecule has 3 rings (SSSR count). The van der Waals surface area contributed by atoms with E-state index in [1.165, 1.54) is 45.3 Å². The quantitative estimate of drug-likeness (QED) is 0.390. The molecule has 1 heterocycles. The van der Waals surface area contributed by atoms with Crippen LogP contribution in [0, 0.1) is 10.1 Å². The zero-order valence-electron chi connectivity index (χ0n) is 14.6. The molecule has 1 aliphatic carbocycles. The number of ether oxygens (including phenoxy) is 3. The third-order valence-corrected chi connectivity index (χ3v) is 4.08. The molecule has 0 unspecified atom stereocenters. The van der Waals surface area contributed by atoms with Crippen molar-refractivity contribution in [3.05, 3.63) is 44.6 Å². The van der Waals surface area contributed by atoms with Crippen LogP contribution < -0.4 is 24.5 Å². The summed E-state index contributed by atoms with van der Waals surface area (Å²) in [5.74, 6) is 0.332. The Labute approximate surface area is 147 Å². The summed E-state index contributed by atoms with van der Waals surface area (Å²) in [4.78, 5) is 28.9. The summed E-state index contributed by atoms with van der Waals surface area (Å²) < 4.78 is 17.2. The van der Waals surface area contributed by atoms with Gasteiger partial charge in [0.2, 0.25) is 16.9 Å². The maximum atomic E-state index is 12.9. The van der Waals surface area contributed by atoms with Gasteiger partial charge in [0.15, 0.2) is 5.75 Å². The lowest BCUT2D eigenvalue weighted by molar-refractivity contribution is -0.384. The largest absolute Gasteiger partial charge is 0.491 e. The number of nitrogens with zero attached hydrogens (tertiary/aromatic N) is 2. The highest BCUT2D eigenvalue weighted by Gasteiger charge is 2.29. The monoisotopic (exact) mass is 360 g/mol. The van der Waals surface area contributed by atoms with E-state index in [0.717, 1.165) is 0 Å². The van der Waals surface area contributed by atoms with Gasteiger partial charge in [-0.25, -0.2) is 0 Å². The Kier molecular flexibility index (Phi) is 4.29. The number of pyridine rings is 1. The van der Waals surface area contributed by atoms with Crippen LogP contribution in [0.25, 0.3) is 22.2 Å². The van der Waals surface area contributed by atoms with Crippen molar-refractivity contribution in [3.8, 4) is 28.5 Å². The van der Waals surface area contributed by atoms with Gasteiger partial charge >= 0.3 is 0 Å². The van der Waals surface area contributed by atoms with Crippen molar-refractivity contribution in [2.45, 2.75) is 0 Å². The van der Waals surface area contributed by atoms with Crippen LogP contribution in [0.5, 0.6) is 17.2 Å². The molecule has 1 aromatic carbocycles. The molecule has 9 heteroatoms. The van der Waals surface area contributed by atoms with Crippen molar-refractivity contribution in [1.82, 2.24) is 4.73 Å². The topological polar surface area (TPSA) is 102 Å². The molecule has 0 radical (unpaired) electrons. The molecule has 0 aromatic heterocycles. The van der Waals surface area contributed by atoms with Gasteiger partial charge in [0.05, 0.1) is 37.3 Å². The lowest BCUT2D eigenvalue weighted by atomic mass is 10.0. The van der Waals surface area contributed by atoms with Gasteiger partial charge in [0.1, 0.15) is 12.8 Å². The number of methoxy groups -OCH3 is 3. The van der Waals surface area contributed by atoms with Gasteiger partial charge in [0, 0.05) is 17.5 Å². The second kappa shape index (κ2) is 6.43. The van der Waals surface area contributed by atoms with Crippen LogP contribution in [0.1, 0.15) is 0 Å². The number of non-ortho nitro benzene ring substituents is 1. The first kappa shape index (κ1) is 17.3. The van der Waals surface area contributed by atoms with Gasteiger partial charge in [-0.3, -0.25) is 14.9 Å². The molecule has 0 amide bonds. The lowest BCUT2D eigenvalue weighted by Gasteiger charge is -2.22. The Balaban J connectivity index is 2.59. The Bertz CT molecular complexity index is 1040. The molecule has 0 saturated carbocycles. The van der Waals surface area contributed by atoms with E-state index in [1.54, 1.807) is 12.1 Å². The summed E-state index contributed by atoms with van der Waals surface area (Å²) >= 11 is 0. The highest BCUT2D eigenvalue weighted by molar-refractivity contribution is 5.91. The zero-order valence-corrected chi connectivity index (χ0v) is 14.6. The molecule has 26 heavy (non-hydrogen) atoms. The average molecular weight is 360 g/mol. The summed E-state index contributed by atoms with van der Waals surface area (Å²) in [6.07, 6.45) is 0. The maximum absolute atomic E-state index is 12.9. The smallest absolute Gasteiger partial charge is 0.271 e. The molecule has 9 nitrogen and oxygen atoms in total. The highest BCUT2D eigenvalue weighted by Crippen LogP contribution is 2.44. The Morgan fingerprint density at radius 3 is 2.15 bits per heavy atom. The predicted octanol–water partition coefficient (Wildman–Crippen LogP) is 2.10. The van der Waals surface area contributed by atoms with Crippen molar-refractivity contribution in [3.63, 3.8) is 0 Å². The number of nitro benzene ring substituents is 1. The molecule has 0 bridgehead atoms. The first-order valence-electron chi connectivity index (χ1n) is 7.48. The van der Waals surface area contributed by atoms with Crippen LogP contribution in [0.3, 0.4) is 0 Å². The fraction of sp³-hybridized carbons (Fsp3) is 0.235. The van der Waals surface area contributed by atoms with E-state index in [9.17, 15) is 14.9 Å². The van der Waals surface area contributed by atoms with Gasteiger partial charge in [0.25, 0.3) is 5.69 Å². The Morgan fingerprint density at radius 1 is 0.962 bits per heavy atom. The second-order valence-corrected chi connectivity index (χ2v) is 5.31. The molecular weight excluding hydrogens is 344 g/mol. The summed E-state index contributed by atoms with van der Waals surface area (Å²) in [6, 6.07) is 5.87. The van der Waals surface area contributed by atoms with E-state index in [1.807, 2.05) is 0 Å². The van der Waals surface area contributed by atoms with Crippen LogP contribution in [-0.2, 0) is 0 Å². The van der Waals surface area contributed by atoms with Gasteiger partial charge in [-0.05, 0) is 12.1 Å². The predicted molar refractivity (Wildman–Crippen MR) is 93.6 cm³/mol. The third kappa shape index (κ3) is 2.36. The number of nitro groups is 1. The van der Waals surface area contributed by atoms with Crippen LogP contribution >= 0.6 is 0 Å². The Hall–Kier alpha value is -3.49. The first-order valence-corrected chi connectivity index (χ1v) is 7.48. The fourth-order valence-corrected chi connectivity index (χ4v) is 2.97. The van der Waals surface area contributed by atoms with Crippen molar-refractivity contribution < 1.29 is 24.0 Å². The molecule has 0 fully saturated rings. The summed E-state index contributed by atoms with van der Waals surface area (Å²) in [7, 11) is 5.55. The highest BCUT2D eigenvalue weighted by atomic mass is 16.6. The summed E-state index contributed by atoms with van der Waals surface area (Å²) in [5.41, 5.74) is 0.433. The van der Waals surface area contributed by atoms with Gasteiger partial charge < -0.3 is 19.0 Å². The van der Waals surface area contributed by atoms with Crippen molar-refractivity contribution in [1.29, 1.82) is 0 Å². The Morgan fingerprint density at radius 2 is 1.62 bits per heavy atom. The molecule has 1 aliphatic heterocycles. The van der Waals surface area contributed by atoms with E-state index in [0.29, 0.717) is 10.9 Å². The normalized spacial score (nSPS) is 10.8. The number of hydrogen-bond acceptors (Lipinski definition) is 7. The molecule has 0 saturated heterocycles. The molecule has 0 N–H and O–H groups in total. The van der Waals surface area contributed by atoms with E-state index >= 15 is 0 Å². The van der Waals surface area contributed by atoms with Crippen LogP contribution in [0.4, 0.5) is 5.69 Å². The fourth-order valence-electron chi connectivity index (χ4n) is 2.97.